The van der Waals surface area contributed by atoms with Gasteiger partial charge in [0.2, 0.25) is 10.0 Å². The summed E-state index contributed by atoms with van der Waals surface area (Å²) in [7, 11) is -2.36. The smallest absolute Gasteiger partial charge is 0.338 e. The van der Waals surface area contributed by atoms with Crippen LogP contribution in [0.4, 0.5) is 0 Å². The molecular weight excluding hydrogens is 292 g/mol. The molecule has 1 aliphatic rings. The van der Waals surface area contributed by atoms with Crippen LogP contribution in [-0.2, 0) is 14.8 Å². The molecular formula is C14H20N2O4S. The lowest BCUT2D eigenvalue weighted by molar-refractivity contribution is 0.0599. The first-order chi connectivity index (χ1) is 9.91. The second kappa shape index (κ2) is 6.13. The molecule has 0 saturated carbocycles. The number of carbonyl (C=O) groups excluding carboxylic acids is 1. The Kier molecular flexibility index (Phi) is 4.65. The van der Waals surface area contributed by atoms with Gasteiger partial charge in [-0.15, -0.1) is 0 Å². The van der Waals surface area contributed by atoms with Crippen molar-refractivity contribution in [2.45, 2.75) is 30.7 Å². The molecule has 1 heterocycles. The van der Waals surface area contributed by atoms with E-state index in [-0.39, 0.29) is 16.5 Å². The average molecular weight is 312 g/mol. The first-order valence-corrected chi connectivity index (χ1v) is 8.26. The van der Waals surface area contributed by atoms with E-state index in [0.29, 0.717) is 18.7 Å². The molecule has 0 spiro atoms. The molecule has 0 aromatic heterocycles. The predicted octanol–water partition coefficient (Wildman–Crippen LogP) is 0.893. The monoisotopic (exact) mass is 312 g/mol. The molecule has 0 amide bonds. The van der Waals surface area contributed by atoms with Gasteiger partial charge in [-0.3, -0.25) is 0 Å². The maximum absolute atomic E-state index is 12.7. The van der Waals surface area contributed by atoms with Crippen LogP contribution in [-0.4, -0.2) is 44.9 Å². The van der Waals surface area contributed by atoms with Crippen LogP contribution in [0.3, 0.4) is 0 Å². The molecule has 116 valence electrons. The van der Waals surface area contributed by atoms with Crippen molar-refractivity contribution in [3.8, 4) is 0 Å². The highest BCUT2D eigenvalue weighted by molar-refractivity contribution is 7.89. The van der Waals surface area contributed by atoms with Gasteiger partial charge in [-0.05, 0) is 37.5 Å². The average Bonchev–Trinajstić information content (AvgIpc) is 2.96. The molecule has 1 unspecified atom stereocenters. The zero-order chi connectivity index (χ0) is 15.6. The van der Waals surface area contributed by atoms with Gasteiger partial charge in [-0.2, -0.15) is 4.31 Å². The molecule has 1 saturated heterocycles. The lowest BCUT2D eigenvalue weighted by atomic mass is 10.1. The Morgan fingerprint density at radius 2 is 2.19 bits per heavy atom. The molecule has 1 fully saturated rings. The number of nitrogens with two attached hydrogens (primary N) is 1. The Hall–Kier alpha value is -1.44. The zero-order valence-electron chi connectivity index (χ0n) is 12.2. The summed E-state index contributed by atoms with van der Waals surface area (Å²) >= 11 is 0. The fourth-order valence-corrected chi connectivity index (χ4v) is 4.32. The number of ether oxygens (including phenoxy) is 1. The lowest BCUT2D eigenvalue weighted by Crippen LogP contribution is -2.39. The number of aryl methyl sites for hydroxylation is 1. The maximum Gasteiger partial charge on any atom is 0.338 e. The Balaban J connectivity index is 2.43. The zero-order valence-corrected chi connectivity index (χ0v) is 13.0. The van der Waals surface area contributed by atoms with Crippen LogP contribution < -0.4 is 5.73 Å². The fourth-order valence-electron chi connectivity index (χ4n) is 2.59. The summed E-state index contributed by atoms with van der Waals surface area (Å²) in [5.41, 5.74) is 6.59. The molecule has 1 aliphatic heterocycles. The van der Waals surface area contributed by atoms with E-state index in [2.05, 4.69) is 4.74 Å². The van der Waals surface area contributed by atoms with E-state index >= 15 is 0 Å². The van der Waals surface area contributed by atoms with Crippen LogP contribution in [0, 0.1) is 6.92 Å². The van der Waals surface area contributed by atoms with E-state index < -0.39 is 16.0 Å². The molecule has 0 aliphatic carbocycles. The molecule has 7 heteroatoms. The summed E-state index contributed by atoms with van der Waals surface area (Å²) in [6.45, 7) is 2.50. The number of rotatable bonds is 4. The molecule has 1 aromatic carbocycles. The number of benzene rings is 1. The van der Waals surface area contributed by atoms with Crippen molar-refractivity contribution in [1.82, 2.24) is 4.31 Å². The first kappa shape index (κ1) is 15.9. The Bertz CT molecular complexity index is 642. The van der Waals surface area contributed by atoms with Crippen molar-refractivity contribution in [3.05, 3.63) is 29.3 Å². The van der Waals surface area contributed by atoms with Crippen LogP contribution >= 0.6 is 0 Å². The Morgan fingerprint density at radius 1 is 1.48 bits per heavy atom. The predicted molar refractivity (Wildman–Crippen MR) is 78.5 cm³/mol. The van der Waals surface area contributed by atoms with Gasteiger partial charge in [0, 0.05) is 19.1 Å². The van der Waals surface area contributed by atoms with E-state index in [1.54, 1.807) is 13.0 Å². The van der Waals surface area contributed by atoms with Gasteiger partial charge in [0.1, 0.15) is 0 Å². The third-order valence-corrected chi connectivity index (χ3v) is 5.76. The van der Waals surface area contributed by atoms with Crippen molar-refractivity contribution in [1.29, 1.82) is 0 Å². The van der Waals surface area contributed by atoms with E-state index in [4.69, 9.17) is 5.73 Å². The second-order valence-corrected chi connectivity index (χ2v) is 7.01. The van der Waals surface area contributed by atoms with Gasteiger partial charge in [-0.25, -0.2) is 13.2 Å². The molecule has 2 rings (SSSR count). The molecule has 1 atom stereocenters. The quantitative estimate of drug-likeness (QED) is 0.834. The number of hydrogen-bond donors (Lipinski definition) is 1. The Morgan fingerprint density at radius 3 is 2.81 bits per heavy atom. The highest BCUT2D eigenvalue weighted by Gasteiger charge is 2.34. The van der Waals surface area contributed by atoms with Gasteiger partial charge in [0.05, 0.1) is 17.6 Å². The van der Waals surface area contributed by atoms with Crippen LogP contribution in [0.2, 0.25) is 0 Å². The summed E-state index contributed by atoms with van der Waals surface area (Å²) in [5.74, 6) is -0.540. The van der Waals surface area contributed by atoms with Gasteiger partial charge < -0.3 is 10.5 Å². The van der Waals surface area contributed by atoms with E-state index in [1.165, 1.54) is 23.5 Å². The van der Waals surface area contributed by atoms with Gasteiger partial charge in [0.25, 0.3) is 0 Å². The number of nitrogens with zero attached hydrogens (tertiary/aromatic N) is 1. The number of esters is 1. The van der Waals surface area contributed by atoms with Crippen LogP contribution in [0.1, 0.15) is 28.8 Å². The number of hydrogen-bond acceptors (Lipinski definition) is 5. The van der Waals surface area contributed by atoms with Gasteiger partial charge in [0.15, 0.2) is 0 Å². The molecule has 0 radical (unpaired) electrons. The van der Waals surface area contributed by atoms with Gasteiger partial charge >= 0.3 is 5.97 Å². The molecule has 2 N–H and O–H groups in total. The molecule has 21 heavy (non-hydrogen) atoms. The number of sulfonamides is 1. The summed E-state index contributed by atoms with van der Waals surface area (Å²) in [6.07, 6.45) is 1.57. The summed E-state index contributed by atoms with van der Waals surface area (Å²) in [5, 5.41) is 0. The standard InChI is InChI=1S/C14H20N2O4S/c1-10-5-6-12(8-13(10)14(17)20-2)21(18,19)16-7-3-4-11(16)9-15/h5-6,8,11H,3-4,7,9,15H2,1-2H3. The van der Waals surface area contributed by atoms with Gasteiger partial charge in [-0.1, -0.05) is 6.07 Å². The topological polar surface area (TPSA) is 89.7 Å². The SMILES string of the molecule is COC(=O)c1cc(S(=O)(=O)N2CCCC2CN)ccc1C. The third-order valence-electron chi connectivity index (χ3n) is 3.82. The van der Waals surface area contributed by atoms with Crippen molar-refractivity contribution in [2.24, 2.45) is 5.73 Å². The highest BCUT2D eigenvalue weighted by atomic mass is 32.2. The second-order valence-electron chi connectivity index (χ2n) is 5.12. The third kappa shape index (κ3) is 2.95. The van der Waals surface area contributed by atoms with E-state index in [1.807, 2.05) is 0 Å². The van der Waals surface area contributed by atoms with Crippen molar-refractivity contribution < 1.29 is 17.9 Å². The minimum Gasteiger partial charge on any atom is -0.465 e. The normalized spacial score (nSPS) is 19.7. The summed E-state index contributed by atoms with van der Waals surface area (Å²) < 4.78 is 31.5. The van der Waals surface area contributed by atoms with Crippen molar-refractivity contribution in [2.75, 3.05) is 20.2 Å². The number of carbonyl (C=O) groups is 1. The molecule has 1 aromatic rings. The van der Waals surface area contributed by atoms with Crippen LogP contribution in [0.5, 0.6) is 0 Å². The fraction of sp³-hybridized carbons (Fsp3) is 0.500. The van der Waals surface area contributed by atoms with E-state index in [9.17, 15) is 13.2 Å². The van der Waals surface area contributed by atoms with E-state index in [0.717, 1.165) is 12.8 Å². The first-order valence-electron chi connectivity index (χ1n) is 6.82. The van der Waals surface area contributed by atoms with Crippen LogP contribution in [0.15, 0.2) is 23.1 Å². The highest BCUT2D eigenvalue weighted by Crippen LogP contribution is 2.27. The van der Waals surface area contributed by atoms with Crippen molar-refractivity contribution in [3.63, 3.8) is 0 Å². The minimum absolute atomic E-state index is 0.105. The van der Waals surface area contributed by atoms with Crippen LogP contribution in [0.25, 0.3) is 0 Å². The summed E-state index contributed by atoms with van der Waals surface area (Å²) in [6, 6.07) is 4.34. The molecule has 6 nitrogen and oxygen atoms in total. The Labute approximate surface area is 124 Å². The maximum atomic E-state index is 12.7. The summed E-state index contributed by atoms with van der Waals surface area (Å²) in [4.78, 5) is 11.8. The molecule has 0 bridgehead atoms. The largest absolute Gasteiger partial charge is 0.465 e. The number of methoxy groups -OCH3 is 1. The van der Waals surface area contributed by atoms with Crippen molar-refractivity contribution >= 4 is 16.0 Å². The minimum atomic E-state index is -3.64. The lowest BCUT2D eigenvalue weighted by Gasteiger charge is -2.23.